The van der Waals surface area contributed by atoms with Crippen molar-refractivity contribution in [2.45, 2.75) is 25.9 Å². The van der Waals surface area contributed by atoms with Crippen molar-refractivity contribution >= 4 is 55.7 Å². The van der Waals surface area contributed by atoms with Gasteiger partial charge in [-0.1, -0.05) is 17.7 Å². The van der Waals surface area contributed by atoms with Gasteiger partial charge in [0.15, 0.2) is 5.58 Å². The number of nitrogens with two attached hydrogens (primary N) is 1. The summed E-state index contributed by atoms with van der Waals surface area (Å²) >= 11 is 11.4. The molecule has 0 spiro atoms. The molecule has 0 amide bonds. The Morgan fingerprint density at radius 3 is 3.05 bits per heavy atom. The van der Waals surface area contributed by atoms with Gasteiger partial charge in [0.1, 0.15) is 16.4 Å². The Hall–Kier alpha value is -1.08. The number of nitrogens with zero attached hydrogens (tertiary/aromatic N) is 1. The Kier molecular flexibility index (Phi) is 4.73. The van der Waals surface area contributed by atoms with Gasteiger partial charge in [0.05, 0.1) is 10.2 Å². The van der Waals surface area contributed by atoms with Crippen LogP contribution in [0.2, 0.25) is 5.15 Å². The van der Waals surface area contributed by atoms with E-state index in [-0.39, 0.29) is 6.04 Å². The molecule has 0 aliphatic carbocycles. The molecule has 0 saturated heterocycles. The number of halogens is 2. The second-order valence-electron chi connectivity index (χ2n) is 5.12. The molecule has 3 N–H and O–H groups in total. The third-order valence-corrected chi connectivity index (χ3v) is 5.05. The number of rotatable bonds is 5. The molecule has 3 rings (SSSR count). The van der Waals surface area contributed by atoms with Crippen LogP contribution in [0.1, 0.15) is 17.6 Å². The lowest BCUT2D eigenvalue weighted by Gasteiger charge is -2.06. The molecular formula is C15H15BrClN3OS. The van der Waals surface area contributed by atoms with Crippen molar-refractivity contribution in [2.24, 2.45) is 5.73 Å². The maximum Gasteiger partial charge on any atom is 0.177 e. The van der Waals surface area contributed by atoms with E-state index >= 15 is 0 Å². The van der Waals surface area contributed by atoms with Gasteiger partial charge >= 0.3 is 0 Å². The minimum absolute atomic E-state index is 0.00913. The van der Waals surface area contributed by atoms with E-state index in [1.54, 1.807) is 17.4 Å². The summed E-state index contributed by atoms with van der Waals surface area (Å²) < 4.78 is 6.78. The SMILES string of the molecule is C[C@H](N)Cc1oc2c(NCc3cccs3)cc(Cl)nc2c1Br. The van der Waals surface area contributed by atoms with Crippen LogP contribution < -0.4 is 11.1 Å². The summed E-state index contributed by atoms with van der Waals surface area (Å²) in [4.78, 5) is 5.59. The van der Waals surface area contributed by atoms with Crippen molar-refractivity contribution in [3.05, 3.63) is 43.8 Å². The van der Waals surface area contributed by atoms with Crippen LogP contribution in [0.25, 0.3) is 11.1 Å². The molecule has 3 aromatic heterocycles. The van der Waals surface area contributed by atoms with E-state index in [1.807, 2.05) is 13.0 Å². The molecule has 0 aliphatic rings. The predicted octanol–water partition coefficient (Wildman–Crippen LogP) is 4.81. The maximum absolute atomic E-state index is 6.14. The zero-order valence-corrected chi connectivity index (χ0v) is 15.1. The largest absolute Gasteiger partial charge is 0.456 e. The number of anilines is 1. The van der Waals surface area contributed by atoms with E-state index in [9.17, 15) is 0 Å². The molecule has 0 aliphatic heterocycles. The lowest BCUT2D eigenvalue weighted by Crippen LogP contribution is -2.17. The van der Waals surface area contributed by atoms with Crippen LogP contribution >= 0.6 is 38.9 Å². The molecular weight excluding hydrogens is 386 g/mol. The molecule has 0 saturated carbocycles. The zero-order chi connectivity index (χ0) is 15.7. The molecule has 4 nitrogen and oxygen atoms in total. The van der Waals surface area contributed by atoms with Crippen molar-refractivity contribution in [1.29, 1.82) is 0 Å². The number of aromatic nitrogens is 1. The molecule has 0 radical (unpaired) electrons. The molecule has 7 heteroatoms. The Morgan fingerprint density at radius 1 is 1.55 bits per heavy atom. The van der Waals surface area contributed by atoms with E-state index < -0.39 is 0 Å². The molecule has 0 aromatic carbocycles. The first-order valence-corrected chi connectivity index (χ1v) is 8.89. The van der Waals surface area contributed by atoms with Crippen molar-refractivity contribution in [3.8, 4) is 0 Å². The predicted molar refractivity (Wildman–Crippen MR) is 95.7 cm³/mol. The smallest absolute Gasteiger partial charge is 0.177 e. The summed E-state index contributed by atoms with van der Waals surface area (Å²) in [6, 6.07) is 5.90. The molecule has 3 aromatic rings. The number of nitrogens with one attached hydrogen (secondary N) is 1. The number of hydrogen-bond acceptors (Lipinski definition) is 5. The van der Waals surface area contributed by atoms with Crippen LogP contribution in [0.5, 0.6) is 0 Å². The quantitative estimate of drug-likeness (QED) is 0.603. The number of hydrogen-bond donors (Lipinski definition) is 2. The second-order valence-corrected chi connectivity index (χ2v) is 7.34. The molecule has 0 fully saturated rings. The van der Waals surface area contributed by atoms with Gasteiger partial charge < -0.3 is 15.5 Å². The Balaban J connectivity index is 1.98. The van der Waals surface area contributed by atoms with Crippen molar-refractivity contribution in [2.75, 3.05) is 5.32 Å². The maximum atomic E-state index is 6.14. The topological polar surface area (TPSA) is 64.1 Å². The van der Waals surface area contributed by atoms with Gasteiger partial charge in [-0.25, -0.2) is 4.98 Å². The summed E-state index contributed by atoms with van der Waals surface area (Å²) in [6.45, 7) is 2.66. The fraction of sp³-hybridized carbons (Fsp3) is 0.267. The molecule has 1 atom stereocenters. The third kappa shape index (κ3) is 3.30. The Morgan fingerprint density at radius 2 is 2.36 bits per heavy atom. The molecule has 0 bridgehead atoms. The normalized spacial score (nSPS) is 12.7. The number of fused-ring (bicyclic) bond motifs is 1. The lowest BCUT2D eigenvalue weighted by atomic mass is 10.2. The lowest BCUT2D eigenvalue weighted by molar-refractivity contribution is 0.523. The van der Waals surface area contributed by atoms with Gasteiger partial charge in [-0.2, -0.15) is 0 Å². The van der Waals surface area contributed by atoms with Crippen molar-refractivity contribution in [1.82, 2.24) is 4.98 Å². The highest BCUT2D eigenvalue weighted by atomic mass is 79.9. The first kappa shape index (κ1) is 15.8. The fourth-order valence-corrected chi connectivity index (χ4v) is 3.55. The Bertz CT molecular complexity index is 786. The third-order valence-electron chi connectivity index (χ3n) is 3.16. The average Bonchev–Trinajstić information content (AvgIpc) is 3.07. The number of pyridine rings is 1. The number of thiophene rings is 1. The van der Waals surface area contributed by atoms with Gasteiger partial charge in [0.2, 0.25) is 0 Å². The summed E-state index contributed by atoms with van der Waals surface area (Å²) in [5.74, 6) is 0.791. The average molecular weight is 401 g/mol. The summed E-state index contributed by atoms with van der Waals surface area (Å²) in [7, 11) is 0. The standard InChI is InChI=1S/C15H15BrClN3OS/c1-8(18)5-11-13(16)14-15(21-11)10(6-12(17)20-14)19-7-9-3-2-4-22-9/h2-4,6,8H,5,7,18H2,1H3,(H,19,20)/t8-/m0/s1. The van der Waals surface area contributed by atoms with Crippen LogP contribution in [0, 0.1) is 0 Å². The van der Waals surface area contributed by atoms with E-state index in [0.29, 0.717) is 23.7 Å². The minimum atomic E-state index is 0.00913. The van der Waals surface area contributed by atoms with Gasteiger partial charge in [-0.3, -0.25) is 0 Å². The highest BCUT2D eigenvalue weighted by Crippen LogP contribution is 2.36. The van der Waals surface area contributed by atoms with Gasteiger partial charge in [0, 0.05) is 30.0 Å². The van der Waals surface area contributed by atoms with E-state index in [2.05, 4.69) is 37.7 Å². The molecule has 22 heavy (non-hydrogen) atoms. The Labute approximate surface area is 145 Å². The molecule has 116 valence electrons. The first-order chi connectivity index (χ1) is 10.5. The van der Waals surface area contributed by atoms with Gasteiger partial charge in [-0.15, -0.1) is 11.3 Å². The van der Waals surface area contributed by atoms with E-state index in [4.69, 9.17) is 21.8 Å². The van der Waals surface area contributed by atoms with Crippen LogP contribution in [-0.2, 0) is 13.0 Å². The highest BCUT2D eigenvalue weighted by molar-refractivity contribution is 9.10. The second kappa shape index (κ2) is 6.58. The van der Waals surface area contributed by atoms with Crippen LogP contribution in [0.15, 0.2) is 32.5 Å². The van der Waals surface area contributed by atoms with Crippen LogP contribution in [0.4, 0.5) is 5.69 Å². The summed E-state index contributed by atoms with van der Waals surface area (Å²) in [5.41, 5.74) is 8.11. The van der Waals surface area contributed by atoms with Gasteiger partial charge in [-0.05, 0) is 34.3 Å². The van der Waals surface area contributed by atoms with Gasteiger partial charge in [0.25, 0.3) is 0 Å². The highest BCUT2D eigenvalue weighted by Gasteiger charge is 2.18. The van der Waals surface area contributed by atoms with E-state index in [1.165, 1.54) is 4.88 Å². The molecule has 0 unspecified atom stereocenters. The summed E-state index contributed by atoms with van der Waals surface area (Å²) in [5, 5.41) is 5.84. The minimum Gasteiger partial charge on any atom is -0.456 e. The summed E-state index contributed by atoms with van der Waals surface area (Å²) in [6.07, 6.45) is 0.638. The zero-order valence-electron chi connectivity index (χ0n) is 11.9. The monoisotopic (exact) mass is 399 g/mol. The first-order valence-electron chi connectivity index (χ1n) is 6.84. The fourth-order valence-electron chi connectivity index (χ4n) is 2.20. The number of furan rings is 1. The van der Waals surface area contributed by atoms with E-state index in [0.717, 1.165) is 21.4 Å². The van der Waals surface area contributed by atoms with Crippen molar-refractivity contribution < 1.29 is 4.42 Å². The van der Waals surface area contributed by atoms with Crippen LogP contribution in [-0.4, -0.2) is 11.0 Å². The molecule has 3 heterocycles. The van der Waals surface area contributed by atoms with Crippen molar-refractivity contribution in [3.63, 3.8) is 0 Å². The van der Waals surface area contributed by atoms with Crippen LogP contribution in [0.3, 0.4) is 0 Å².